The van der Waals surface area contributed by atoms with E-state index in [1.54, 1.807) is 0 Å². The van der Waals surface area contributed by atoms with Gasteiger partial charge in [-0.3, -0.25) is 4.90 Å². The lowest BCUT2D eigenvalue weighted by Crippen LogP contribution is -2.17. The first-order valence-corrected chi connectivity index (χ1v) is 5.67. The zero-order valence-electron chi connectivity index (χ0n) is 10.0. The van der Waals surface area contributed by atoms with E-state index in [1.165, 1.54) is 11.1 Å². The van der Waals surface area contributed by atoms with Crippen molar-refractivity contribution in [2.45, 2.75) is 13.1 Å². The third-order valence-electron chi connectivity index (χ3n) is 2.60. The number of nitrogens with two attached hydrogens (primary N) is 1. The van der Waals surface area contributed by atoms with Crippen molar-refractivity contribution in [3.05, 3.63) is 59.8 Å². The van der Waals surface area contributed by atoms with Gasteiger partial charge < -0.3 is 5.73 Å². The van der Waals surface area contributed by atoms with Crippen molar-refractivity contribution in [2.24, 2.45) is 0 Å². The van der Waals surface area contributed by atoms with E-state index >= 15 is 0 Å². The molecule has 2 aromatic rings. The van der Waals surface area contributed by atoms with Crippen LogP contribution in [-0.4, -0.2) is 16.9 Å². The molecular formula is C14H17N3. The molecule has 0 atom stereocenters. The quantitative estimate of drug-likeness (QED) is 0.871. The third kappa shape index (κ3) is 3.57. The van der Waals surface area contributed by atoms with Crippen LogP contribution in [0.2, 0.25) is 0 Å². The van der Waals surface area contributed by atoms with Crippen LogP contribution in [0.1, 0.15) is 11.1 Å². The summed E-state index contributed by atoms with van der Waals surface area (Å²) in [5.74, 6) is 0.569. The summed E-state index contributed by atoms with van der Waals surface area (Å²) in [6.45, 7) is 1.81. The minimum absolute atomic E-state index is 0.569. The van der Waals surface area contributed by atoms with Crippen molar-refractivity contribution >= 4 is 5.82 Å². The number of nitrogen functional groups attached to an aromatic ring is 1. The van der Waals surface area contributed by atoms with Crippen molar-refractivity contribution in [2.75, 3.05) is 12.8 Å². The molecule has 0 spiro atoms. The normalized spacial score (nSPS) is 10.7. The monoisotopic (exact) mass is 227 g/mol. The molecule has 0 aliphatic rings. The first kappa shape index (κ1) is 11.6. The smallest absolute Gasteiger partial charge is 0.123 e. The fraction of sp³-hybridized carbons (Fsp3) is 0.214. The van der Waals surface area contributed by atoms with Gasteiger partial charge in [0, 0.05) is 19.3 Å². The van der Waals surface area contributed by atoms with Crippen molar-refractivity contribution in [1.82, 2.24) is 9.88 Å². The molecule has 0 bridgehead atoms. The number of nitrogens with zero attached hydrogens (tertiary/aromatic N) is 2. The predicted molar refractivity (Wildman–Crippen MR) is 70.3 cm³/mol. The minimum Gasteiger partial charge on any atom is -0.384 e. The molecule has 1 aromatic carbocycles. The van der Waals surface area contributed by atoms with E-state index in [1.807, 2.05) is 24.4 Å². The molecule has 0 radical (unpaired) electrons. The van der Waals surface area contributed by atoms with Crippen LogP contribution in [0, 0.1) is 0 Å². The highest BCUT2D eigenvalue weighted by atomic mass is 15.1. The fourth-order valence-electron chi connectivity index (χ4n) is 1.79. The maximum atomic E-state index is 5.56. The van der Waals surface area contributed by atoms with Gasteiger partial charge in [0.25, 0.3) is 0 Å². The lowest BCUT2D eigenvalue weighted by Gasteiger charge is -2.16. The summed E-state index contributed by atoms with van der Waals surface area (Å²) in [5, 5.41) is 0. The summed E-state index contributed by atoms with van der Waals surface area (Å²) in [6.07, 6.45) is 1.83. The Morgan fingerprint density at radius 1 is 1.00 bits per heavy atom. The standard InChI is InChI=1S/C14H17N3/c1-17(10-12-5-3-2-4-6-12)11-13-7-8-14(15)16-9-13/h2-9H,10-11H2,1H3,(H2,15,16). The van der Waals surface area contributed by atoms with Gasteiger partial charge in [-0.25, -0.2) is 4.98 Å². The third-order valence-corrected chi connectivity index (χ3v) is 2.60. The fourth-order valence-corrected chi connectivity index (χ4v) is 1.79. The molecule has 1 aromatic heterocycles. The Kier molecular flexibility index (Phi) is 3.73. The lowest BCUT2D eigenvalue weighted by molar-refractivity contribution is 0.319. The second-order valence-electron chi connectivity index (χ2n) is 4.25. The van der Waals surface area contributed by atoms with Crippen molar-refractivity contribution < 1.29 is 0 Å². The van der Waals surface area contributed by atoms with Crippen LogP contribution >= 0.6 is 0 Å². The Morgan fingerprint density at radius 3 is 2.35 bits per heavy atom. The molecule has 0 aliphatic heterocycles. The van der Waals surface area contributed by atoms with Gasteiger partial charge in [-0.1, -0.05) is 36.4 Å². The molecule has 0 saturated heterocycles. The van der Waals surface area contributed by atoms with E-state index in [9.17, 15) is 0 Å². The molecule has 0 amide bonds. The zero-order valence-corrected chi connectivity index (χ0v) is 10.0. The molecule has 88 valence electrons. The second-order valence-corrected chi connectivity index (χ2v) is 4.25. The molecule has 1 heterocycles. The van der Waals surface area contributed by atoms with Crippen LogP contribution in [-0.2, 0) is 13.1 Å². The van der Waals surface area contributed by atoms with Gasteiger partial charge >= 0.3 is 0 Å². The topological polar surface area (TPSA) is 42.1 Å². The molecule has 2 rings (SSSR count). The molecule has 0 aliphatic carbocycles. The van der Waals surface area contributed by atoms with Gasteiger partial charge in [0.1, 0.15) is 5.82 Å². The summed E-state index contributed by atoms with van der Waals surface area (Å²) in [5.41, 5.74) is 8.05. The van der Waals surface area contributed by atoms with Crippen molar-refractivity contribution in [3.63, 3.8) is 0 Å². The van der Waals surface area contributed by atoms with E-state index < -0.39 is 0 Å². The maximum absolute atomic E-state index is 5.56. The van der Waals surface area contributed by atoms with Crippen LogP contribution in [0.4, 0.5) is 5.82 Å². The largest absolute Gasteiger partial charge is 0.384 e. The van der Waals surface area contributed by atoms with Crippen LogP contribution < -0.4 is 5.73 Å². The number of rotatable bonds is 4. The average molecular weight is 227 g/mol. The molecule has 17 heavy (non-hydrogen) atoms. The predicted octanol–water partition coefficient (Wildman–Crippen LogP) is 2.30. The van der Waals surface area contributed by atoms with Gasteiger partial charge in [-0.05, 0) is 24.2 Å². The Hall–Kier alpha value is -1.87. The maximum Gasteiger partial charge on any atom is 0.123 e. The summed E-state index contributed by atoms with van der Waals surface area (Å²) in [4.78, 5) is 6.34. The van der Waals surface area contributed by atoms with Crippen LogP contribution in [0.3, 0.4) is 0 Å². The first-order chi connectivity index (χ1) is 8.24. The minimum atomic E-state index is 0.569. The molecular weight excluding hydrogens is 210 g/mol. The summed E-state index contributed by atoms with van der Waals surface area (Å²) >= 11 is 0. The van der Waals surface area contributed by atoms with Crippen LogP contribution in [0.15, 0.2) is 48.7 Å². The van der Waals surface area contributed by atoms with Gasteiger partial charge in [0.05, 0.1) is 0 Å². The average Bonchev–Trinajstić information content (AvgIpc) is 2.33. The molecule has 0 unspecified atom stereocenters. The van der Waals surface area contributed by atoms with Gasteiger partial charge in [-0.15, -0.1) is 0 Å². The summed E-state index contributed by atoms with van der Waals surface area (Å²) in [6, 6.07) is 14.3. The highest BCUT2D eigenvalue weighted by Gasteiger charge is 2.01. The highest BCUT2D eigenvalue weighted by Crippen LogP contribution is 2.08. The SMILES string of the molecule is CN(Cc1ccccc1)Cc1ccc(N)nc1. The lowest BCUT2D eigenvalue weighted by atomic mass is 10.2. The molecule has 2 N–H and O–H groups in total. The second kappa shape index (κ2) is 5.46. The molecule has 3 heteroatoms. The molecule has 0 saturated carbocycles. The number of benzene rings is 1. The van der Waals surface area contributed by atoms with Crippen molar-refractivity contribution in [3.8, 4) is 0 Å². The molecule has 3 nitrogen and oxygen atoms in total. The Bertz CT molecular complexity index is 451. The van der Waals surface area contributed by atoms with Gasteiger partial charge in [0.2, 0.25) is 0 Å². The van der Waals surface area contributed by atoms with Gasteiger partial charge in [-0.2, -0.15) is 0 Å². The number of pyridine rings is 1. The first-order valence-electron chi connectivity index (χ1n) is 5.67. The van der Waals surface area contributed by atoms with Crippen LogP contribution in [0.25, 0.3) is 0 Å². The van der Waals surface area contributed by atoms with Crippen molar-refractivity contribution in [1.29, 1.82) is 0 Å². The Morgan fingerprint density at radius 2 is 1.71 bits per heavy atom. The number of hydrogen-bond donors (Lipinski definition) is 1. The van der Waals surface area contributed by atoms with Crippen LogP contribution in [0.5, 0.6) is 0 Å². The number of anilines is 1. The number of hydrogen-bond acceptors (Lipinski definition) is 3. The van der Waals surface area contributed by atoms with E-state index in [0.717, 1.165) is 13.1 Å². The van der Waals surface area contributed by atoms with E-state index in [2.05, 4.69) is 41.2 Å². The van der Waals surface area contributed by atoms with E-state index in [-0.39, 0.29) is 0 Å². The summed E-state index contributed by atoms with van der Waals surface area (Å²) < 4.78 is 0. The Labute approximate surface area is 102 Å². The summed E-state index contributed by atoms with van der Waals surface area (Å²) in [7, 11) is 2.10. The molecule has 0 fully saturated rings. The number of aromatic nitrogens is 1. The Balaban J connectivity index is 1.93. The van der Waals surface area contributed by atoms with E-state index in [4.69, 9.17) is 5.73 Å². The van der Waals surface area contributed by atoms with E-state index in [0.29, 0.717) is 5.82 Å². The highest BCUT2D eigenvalue weighted by molar-refractivity contribution is 5.29. The zero-order chi connectivity index (χ0) is 12.1. The van der Waals surface area contributed by atoms with Gasteiger partial charge in [0.15, 0.2) is 0 Å².